The standard InChI is InChI=1S/C16H10Cl3N3O2/c17-10-3-1-9(2-4-10)15(23)14-12(18)7-11(8-13(14)19)22-16(24)20-5-6-21-22/h1-4,6-8H,5H2,(H,20,24). The first-order chi connectivity index (χ1) is 11.5. The second-order valence-corrected chi connectivity index (χ2v) is 6.17. The maximum atomic E-state index is 12.6. The molecule has 24 heavy (non-hydrogen) atoms. The molecule has 1 N–H and O–H groups in total. The van der Waals surface area contributed by atoms with Crippen LogP contribution in [0.3, 0.4) is 0 Å². The van der Waals surface area contributed by atoms with Gasteiger partial charge in [0.1, 0.15) is 0 Å². The number of hydrazone groups is 1. The highest BCUT2D eigenvalue weighted by molar-refractivity contribution is 6.41. The van der Waals surface area contributed by atoms with Crippen molar-refractivity contribution in [2.75, 3.05) is 11.6 Å². The molecule has 2 aromatic carbocycles. The van der Waals surface area contributed by atoms with Gasteiger partial charge in [-0.25, -0.2) is 4.79 Å². The summed E-state index contributed by atoms with van der Waals surface area (Å²) in [4.78, 5) is 24.4. The van der Waals surface area contributed by atoms with E-state index in [0.717, 1.165) is 5.01 Å². The number of carbonyl (C=O) groups is 2. The van der Waals surface area contributed by atoms with Crippen LogP contribution in [0.1, 0.15) is 15.9 Å². The lowest BCUT2D eigenvalue weighted by molar-refractivity contribution is 0.103. The van der Waals surface area contributed by atoms with Crippen LogP contribution >= 0.6 is 34.8 Å². The summed E-state index contributed by atoms with van der Waals surface area (Å²) in [7, 11) is 0. The molecule has 1 aliphatic heterocycles. The molecule has 2 amide bonds. The summed E-state index contributed by atoms with van der Waals surface area (Å²) in [5.41, 5.74) is 0.932. The second-order valence-electron chi connectivity index (χ2n) is 4.92. The Kier molecular flexibility index (Phi) is 4.76. The molecule has 0 fully saturated rings. The number of hydrogen-bond acceptors (Lipinski definition) is 3. The lowest BCUT2D eigenvalue weighted by atomic mass is 10.0. The van der Waals surface area contributed by atoms with Gasteiger partial charge in [-0.2, -0.15) is 10.1 Å². The second kappa shape index (κ2) is 6.81. The molecular formula is C16H10Cl3N3O2. The highest BCUT2D eigenvalue weighted by Gasteiger charge is 2.23. The Bertz CT molecular complexity index is 827. The predicted molar refractivity (Wildman–Crippen MR) is 95.7 cm³/mol. The van der Waals surface area contributed by atoms with Crippen molar-refractivity contribution in [1.29, 1.82) is 0 Å². The average molecular weight is 383 g/mol. The third-order valence-corrected chi connectivity index (χ3v) is 4.19. The highest BCUT2D eigenvalue weighted by Crippen LogP contribution is 2.33. The SMILES string of the molecule is O=C(c1ccc(Cl)cc1)c1c(Cl)cc(N2N=CCNC2=O)cc1Cl. The number of benzene rings is 2. The molecule has 0 aliphatic carbocycles. The van der Waals surface area contributed by atoms with E-state index in [-0.39, 0.29) is 21.4 Å². The van der Waals surface area contributed by atoms with Crippen LogP contribution in [0.25, 0.3) is 0 Å². The van der Waals surface area contributed by atoms with Crippen molar-refractivity contribution in [3.63, 3.8) is 0 Å². The van der Waals surface area contributed by atoms with Crippen LogP contribution in [0.15, 0.2) is 41.5 Å². The molecule has 0 saturated carbocycles. The van der Waals surface area contributed by atoms with Crippen molar-refractivity contribution in [3.05, 3.63) is 62.6 Å². The van der Waals surface area contributed by atoms with E-state index < -0.39 is 6.03 Å². The summed E-state index contributed by atoms with van der Waals surface area (Å²) >= 11 is 18.3. The van der Waals surface area contributed by atoms with E-state index in [1.54, 1.807) is 24.3 Å². The van der Waals surface area contributed by atoms with Gasteiger partial charge in [0.15, 0.2) is 5.78 Å². The number of nitrogens with zero attached hydrogens (tertiary/aromatic N) is 2. The predicted octanol–water partition coefficient (Wildman–Crippen LogP) is 4.39. The Morgan fingerprint density at radius 1 is 1.08 bits per heavy atom. The van der Waals surface area contributed by atoms with Gasteiger partial charge in [0.2, 0.25) is 0 Å². The number of rotatable bonds is 3. The highest BCUT2D eigenvalue weighted by atomic mass is 35.5. The van der Waals surface area contributed by atoms with Crippen molar-refractivity contribution < 1.29 is 9.59 Å². The zero-order valence-corrected chi connectivity index (χ0v) is 14.4. The minimum Gasteiger partial charge on any atom is -0.331 e. The number of hydrogen-bond donors (Lipinski definition) is 1. The number of anilines is 1. The third-order valence-electron chi connectivity index (χ3n) is 3.34. The van der Waals surface area contributed by atoms with Crippen LogP contribution in [0.5, 0.6) is 0 Å². The van der Waals surface area contributed by atoms with E-state index in [0.29, 0.717) is 22.8 Å². The monoisotopic (exact) mass is 381 g/mol. The van der Waals surface area contributed by atoms with Gasteiger partial charge < -0.3 is 5.32 Å². The van der Waals surface area contributed by atoms with E-state index in [2.05, 4.69) is 10.4 Å². The number of ketones is 1. The van der Waals surface area contributed by atoms with Crippen LogP contribution in [0.4, 0.5) is 10.5 Å². The van der Waals surface area contributed by atoms with E-state index >= 15 is 0 Å². The Balaban J connectivity index is 2.00. The van der Waals surface area contributed by atoms with Crippen molar-refractivity contribution in [2.45, 2.75) is 0 Å². The number of halogens is 3. The van der Waals surface area contributed by atoms with Gasteiger partial charge in [0.25, 0.3) is 0 Å². The van der Waals surface area contributed by atoms with Crippen molar-refractivity contribution in [1.82, 2.24) is 5.32 Å². The molecule has 5 nitrogen and oxygen atoms in total. The largest absolute Gasteiger partial charge is 0.342 e. The topological polar surface area (TPSA) is 61.8 Å². The van der Waals surface area contributed by atoms with E-state index in [1.807, 2.05) is 0 Å². The van der Waals surface area contributed by atoms with Crippen LogP contribution in [-0.2, 0) is 0 Å². The summed E-state index contributed by atoms with van der Waals surface area (Å²) < 4.78 is 0. The molecule has 0 spiro atoms. The van der Waals surface area contributed by atoms with E-state index in [9.17, 15) is 9.59 Å². The quantitative estimate of drug-likeness (QED) is 0.800. The van der Waals surface area contributed by atoms with Gasteiger partial charge >= 0.3 is 6.03 Å². The first-order valence-corrected chi connectivity index (χ1v) is 8.00. The fourth-order valence-corrected chi connectivity index (χ4v) is 2.98. The molecule has 0 saturated heterocycles. The van der Waals surface area contributed by atoms with Gasteiger partial charge in [-0.3, -0.25) is 4.79 Å². The lowest BCUT2D eigenvalue weighted by Crippen LogP contribution is -2.41. The molecule has 1 aliphatic rings. The van der Waals surface area contributed by atoms with Crippen LogP contribution in [-0.4, -0.2) is 24.6 Å². The molecule has 3 rings (SSSR count). The lowest BCUT2D eigenvalue weighted by Gasteiger charge is -2.21. The molecule has 0 radical (unpaired) electrons. The number of carbonyl (C=O) groups excluding carboxylic acids is 2. The zero-order chi connectivity index (χ0) is 17.3. The van der Waals surface area contributed by atoms with Crippen LogP contribution in [0, 0.1) is 0 Å². The van der Waals surface area contributed by atoms with Gasteiger partial charge in [-0.1, -0.05) is 34.8 Å². The Morgan fingerprint density at radius 2 is 1.71 bits per heavy atom. The summed E-state index contributed by atoms with van der Waals surface area (Å²) in [5.74, 6) is -0.334. The minimum atomic E-state index is -0.401. The minimum absolute atomic E-state index is 0.131. The third kappa shape index (κ3) is 3.24. The first-order valence-electron chi connectivity index (χ1n) is 6.87. The van der Waals surface area contributed by atoms with Crippen molar-refractivity contribution in [3.8, 4) is 0 Å². The smallest absolute Gasteiger partial charge is 0.331 e. The Morgan fingerprint density at radius 3 is 2.29 bits per heavy atom. The molecule has 2 aromatic rings. The van der Waals surface area contributed by atoms with Gasteiger partial charge in [0, 0.05) is 16.8 Å². The molecule has 1 heterocycles. The summed E-state index contributed by atoms with van der Waals surface area (Å²) in [6, 6.07) is 8.94. The maximum Gasteiger partial charge on any atom is 0.342 e. The van der Waals surface area contributed by atoms with Crippen LogP contribution < -0.4 is 10.3 Å². The number of nitrogens with one attached hydrogen (secondary N) is 1. The number of urea groups is 1. The molecular weight excluding hydrogens is 373 g/mol. The maximum absolute atomic E-state index is 12.6. The van der Waals surface area contributed by atoms with Crippen molar-refractivity contribution >= 4 is 58.5 Å². The fourth-order valence-electron chi connectivity index (χ4n) is 2.21. The summed E-state index contributed by atoms with van der Waals surface area (Å²) in [5, 5.41) is 8.50. The van der Waals surface area contributed by atoms with Crippen molar-refractivity contribution in [2.24, 2.45) is 5.10 Å². The zero-order valence-electron chi connectivity index (χ0n) is 12.1. The van der Waals surface area contributed by atoms with Gasteiger partial charge in [-0.15, -0.1) is 0 Å². The summed E-state index contributed by atoms with van der Waals surface area (Å²) in [6.45, 7) is 0.351. The first kappa shape index (κ1) is 16.8. The van der Waals surface area contributed by atoms with E-state index in [4.69, 9.17) is 34.8 Å². The fraction of sp³-hybridized carbons (Fsp3) is 0.0625. The molecule has 122 valence electrons. The van der Waals surface area contributed by atoms with Gasteiger partial charge in [-0.05, 0) is 36.4 Å². The Hall–Kier alpha value is -2.08. The molecule has 0 atom stereocenters. The average Bonchev–Trinajstić information content (AvgIpc) is 2.55. The van der Waals surface area contributed by atoms with Gasteiger partial charge in [0.05, 0.1) is 27.8 Å². The Labute approximate surface area is 152 Å². The molecule has 8 heteroatoms. The molecule has 0 unspecified atom stereocenters. The summed E-state index contributed by atoms with van der Waals surface area (Å²) in [6.07, 6.45) is 1.54. The van der Waals surface area contributed by atoms with E-state index in [1.165, 1.54) is 18.3 Å². The molecule has 0 aromatic heterocycles. The molecule has 0 bridgehead atoms. The number of amides is 2. The van der Waals surface area contributed by atoms with Crippen LogP contribution in [0.2, 0.25) is 15.1 Å². The normalized spacial score (nSPS) is 13.8.